The highest BCUT2D eigenvalue weighted by Crippen LogP contribution is 2.44. The van der Waals surface area contributed by atoms with Gasteiger partial charge in [0.15, 0.2) is 0 Å². The fourth-order valence-electron chi connectivity index (χ4n) is 4.69. The molecule has 1 amide bonds. The van der Waals surface area contributed by atoms with E-state index in [2.05, 4.69) is 0 Å². The highest BCUT2D eigenvalue weighted by molar-refractivity contribution is 6.07. The van der Waals surface area contributed by atoms with Gasteiger partial charge in [-0.25, -0.2) is 14.4 Å². The van der Waals surface area contributed by atoms with E-state index in [4.69, 9.17) is 15.2 Å². The fraction of sp³-hybridized carbons (Fsp3) is 0.400. The second-order valence-electron chi connectivity index (χ2n) is 9.55. The maximum absolute atomic E-state index is 13.1. The molecule has 2 aromatic carbocycles. The normalized spacial score (nSPS) is 21.9. The first kappa shape index (κ1) is 22.8. The standard InChI is InChI=1S/C25H28N2O6/c1-24(2,3)33-22(30)25(21(28)29)12-15(26)13-27(25)23(31)32-14-20-18-10-6-4-8-16(18)17-9-5-7-11-19(17)20/h4-11,15,20H,12-14,26H2,1-3H3,(H,28,29)/t15-,25+/m1/s1. The Balaban J connectivity index is 1.59. The molecule has 1 saturated heterocycles. The number of aliphatic carboxylic acids is 1. The molecule has 2 aliphatic rings. The second kappa shape index (κ2) is 8.19. The Morgan fingerprint density at radius 2 is 1.61 bits per heavy atom. The average Bonchev–Trinajstić information content (AvgIpc) is 3.27. The number of carbonyl (C=O) groups excluding carboxylic acids is 2. The molecule has 1 fully saturated rings. The molecule has 0 radical (unpaired) electrons. The van der Waals surface area contributed by atoms with Crippen LogP contribution in [-0.4, -0.2) is 58.4 Å². The summed E-state index contributed by atoms with van der Waals surface area (Å²) in [5.74, 6) is -2.71. The third kappa shape index (κ3) is 3.95. The van der Waals surface area contributed by atoms with E-state index in [0.29, 0.717) is 0 Å². The van der Waals surface area contributed by atoms with Gasteiger partial charge in [-0.2, -0.15) is 0 Å². The first-order valence-electron chi connectivity index (χ1n) is 10.9. The number of nitrogens with zero attached hydrogens (tertiary/aromatic N) is 1. The molecule has 4 rings (SSSR count). The molecule has 8 nitrogen and oxygen atoms in total. The Morgan fingerprint density at radius 1 is 1.06 bits per heavy atom. The molecular weight excluding hydrogens is 424 g/mol. The van der Waals surface area contributed by atoms with Crippen LogP contribution in [-0.2, 0) is 19.1 Å². The summed E-state index contributed by atoms with van der Waals surface area (Å²) in [6.45, 7) is 4.78. The Bertz CT molecular complexity index is 1060. The van der Waals surface area contributed by atoms with Crippen molar-refractivity contribution in [3.05, 3.63) is 59.7 Å². The van der Waals surface area contributed by atoms with Crippen LogP contribution in [0.3, 0.4) is 0 Å². The van der Waals surface area contributed by atoms with Gasteiger partial charge >= 0.3 is 18.0 Å². The van der Waals surface area contributed by atoms with Crippen molar-refractivity contribution < 1.29 is 29.0 Å². The van der Waals surface area contributed by atoms with Crippen molar-refractivity contribution in [2.75, 3.05) is 13.2 Å². The van der Waals surface area contributed by atoms with Gasteiger partial charge in [0.05, 0.1) is 0 Å². The molecule has 2 atom stereocenters. The number of hydrogen-bond acceptors (Lipinski definition) is 6. The number of fused-ring (bicyclic) bond motifs is 3. The lowest BCUT2D eigenvalue weighted by atomic mass is 9.94. The summed E-state index contributed by atoms with van der Waals surface area (Å²) in [4.78, 5) is 39.3. The molecule has 0 saturated carbocycles. The molecule has 1 aliphatic heterocycles. The number of carboxylic acid groups (broad SMARTS) is 1. The van der Waals surface area contributed by atoms with Gasteiger partial charge in [-0.15, -0.1) is 0 Å². The first-order chi connectivity index (χ1) is 15.5. The molecule has 1 heterocycles. The van der Waals surface area contributed by atoms with E-state index in [1.165, 1.54) is 0 Å². The number of amides is 1. The van der Waals surface area contributed by atoms with E-state index in [9.17, 15) is 19.5 Å². The lowest BCUT2D eigenvalue weighted by molar-refractivity contribution is -0.176. The van der Waals surface area contributed by atoms with Crippen molar-refractivity contribution in [3.8, 4) is 11.1 Å². The summed E-state index contributed by atoms with van der Waals surface area (Å²) in [6.07, 6.45) is -1.15. The van der Waals surface area contributed by atoms with Crippen molar-refractivity contribution >= 4 is 18.0 Å². The number of nitrogens with two attached hydrogens (primary N) is 1. The van der Waals surface area contributed by atoms with Crippen molar-refractivity contribution in [1.29, 1.82) is 0 Å². The minimum Gasteiger partial charge on any atom is -0.479 e. The van der Waals surface area contributed by atoms with Gasteiger partial charge in [0.2, 0.25) is 5.54 Å². The molecular formula is C25H28N2O6. The summed E-state index contributed by atoms with van der Waals surface area (Å²) >= 11 is 0. The number of benzene rings is 2. The SMILES string of the molecule is CC(C)(C)OC(=O)[C@@]1(C(=O)O)C[C@@H](N)CN1C(=O)OCC1c2ccccc2-c2ccccc21. The van der Waals surface area contributed by atoms with Gasteiger partial charge in [0.1, 0.15) is 12.2 Å². The van der Waals surface area contributed by atoms with Gasteiger partial charge in [-0.05, 0) is 43.0 Å². The predicted octanol–water partition coefficient (Wildman–Crippen LogP) is 3.13. The van der Waals surface area contributed by atoms with E-state index in [1.807, 2.05) is 48.5 Å². The van der Waals surface area contributed by atoms with Gasteiger partial charge in [0, 0.05) is 24.9 Å². The minimum atomic E-state index is -2.23. The molecule has 1 aliphatic carbocycles. The maximum Gasteiger partial charge on any atom is 0.411 e. The summed E-state index contributed by atoms with van der Waals surface area (Å²) in [5.41, 5.74) is 7.05. The number of carbonyl (C=O) groups is 3. The topological polar surface area (TPSA) is 119 Å². The van der Waals surface area contributed by atoms with E-state index in [-0.39, 0.29) is 25.5 Å². The van der Waals surface area contributed by atoms with Crippen molar-refractivity contribution in [2.24, 2.45) is 5.73 Å². The van der Waals surface area contributed by atoms with Crippen LogP contribution in [0.15, 0.2) is 48.5 Å². The third-order valence-corrected chi connectivity index (χ3v) is 6.08. The van der Waals surface area contributed by atoms with Gasteiger partial charge in [-0.1, -0.05) is 48.5 Å². The van der Waals surface area contributed by atoms with Gasteiger partial charge in [0.25, 0.3) is 0 Å². The van der Waals surface area contributed by atoms with Crippen molar-refractivity contribution in [1.82, 2.24) is 4.90 Å². The second-order valence-corrected chi connectivity index (χ2v) is 9.55. The molecule has 0 spiro atoms. The zero-order valence-electron chi connectivity index (χ0n) is 18.9. The van der Waals surface area contributed by atoms with E-state index in [1.54, 1.807) is 20.8 Å². The van der Waals surface area contributed by atoms with Crippen molar-refractivity contribution in [2.45, 2.75) is 50.3 Å². The fourth-order valence-corrected chi connectivity index (χ4v) is 4.69. The monoisotopic (exact) mass is 452 g/mol. The number of carboxylic acids is 1. The zero-order valence-corrected chi connectivity index (χ0v) is 18.9. The quantitative estimate of drug-likeness (QED) is 0.540. The third-order valence-electron chi connectivity index (χ3n) is 6.08. The summed E-state index contributed by atoms with van der Waals surface area (Å²) in [7, 11) is 0. The van der Waals surface area contributed by atoms with E-state index < -0.39 is 35.2 Å². The molecule has 33 heavy (non-hydrogen) atoms. The molecule has 0 unspecified atom stereocenters. The van der Waals surface area contributed by atoms with Crippen LogP contribution < -0.4 is 5.73 Å². The van der Waals surface area contributed by atoms with Crippen LogP contribution in [0.2, 0.25) is 0 Å². The summed E-state index contributed by atoms with van der Waals surface area (Å²) in [5, 5.41) is 10.0. The van der Waals surface area contributed by atoms with Crippen LogP contribution in [0.1, 0.15) is 44.2 Å². The van der Waals surface area contributed by atoms with E-state index >= 15 is 0 Å². The Hall–Kier alpha value is -3.39. The van der Waals surface area contributed by atoms with Crippen LogP contribution in [0.4, 0.5) is 4.79 Å². The van der Waals surface area contributed by atoms with Crippen LogP contribution >= 0.6 is 0 Å². The lowest BCUT2D eigenvalue weighted by Crippen LogP contribution is -2.60. The highest BCUT2D eigenvalue weighted by Gasteiger charge is 2.61. The van der Waals surface area contributed by atoms with Gasteiger partial charge < -0.3 is 20.3 Å². The predicted molar refractivity (Wildman–Crippen MR) is 121 cm³/mol. The molecule has 8 heteroatoms. The molecule has 0 bridgehead atoms. The van der Waals surface area contributed by atoms with Crippen molar-refractivity contribution in [3.63, 3.8) is 0 Å². The highest BCUT2D eigenvalue weighted by atomic mass is 16.6. The Labute approximate surface area is 192 Å². The largest absolute Gasteiger partial charge is 0.479 e. The molecule has 2 aromatic rings. The average molecular weight is 453 g/mol. The zero-order chi connectivity index (χ0) is 24.0. The number of rotatable bonds is 4. The number of ether oxygens (including phenoxy) is 2. The number of esters is 1. The first-order valence-corrected chi connectivity index (χ1v) is 10.9. The smallest absolute Gasteiger partial charge is 0.411 e. The number of hydrogen-bond donors (Lipinski definition) is 2. The molecule has 3 N–H and O–H groups in total. The van der Waals surface area contributed by atoms with Gasteiger partial charge in [-0.3, -0.25) is 4.90 Å². The molecule has 174 valence electrons. The molecule has 0 aromatic heterocycles. The van der Waals surface area contributed by atoms with Crippen LogP contribution in [0.25, 0.3) is 11.1 Å². The Kier molecular flexibility index (Phi) is 5.66. The van der Waals surface area contributed by atoms with Crippen LogP contribution in [0, 0.1) is 0 Å². The summed E-state index contributed by atoms with van der Waals surface area (Å²) in [6, 6.07) is 15.1. The number of likely N-dealkylation sites (tertiary alicyclic amines) is 1. The van der Waals surface area contributed by atoms with E-state index in [0.717, 1.165) is 27.2 Å². The minimum absolute atomic E-state index is 0.00259. The lowest BCUT2D eigenvalue weighted by Gasteiger charge is -2.34. The maximum atomic E-state index is 13.1. The Morgan fingerprint density at radius 3 is 2.12 bits per heavy atom. The summed E-state index contributed by atoms with van der Waals surface area (Å²) < 4.78 is 11.0. The van der Waals surface area contributed by atoms with Crippen LogP contribution in [0.5, 0.6) is 0 Å².